The van der Waals surface area contributed by atoms with Gasteiger partial charge in [0.15, 0.2) is 0 Å². The predicted octanol–water partition coefficient (Wildman–Crippen LogP) is 3.55. The minimum atomic E-state index is -2.89. The van der Waals surface area contributed by atoms with Crippen LogP contribution in [0.5, 0.6) is 0 Å². The van der Waals surface area contributed by atoms with Crippen LogP contribution in [0.4, 0.5) is 14.5 Å². The highest BCUT2D eigenvalue weighted by molar-refractivity contribution is 14.1. The second-order valence-corrected chi connectivity index (χ2v) is 5.62. The van der Waals surface area contributed by atoms with Gasteiger partial charge in [0.1, 0.15) is 0 Å². The van der Waals surface area contributed by atoms with Crippen LogP contribution in [0.2, 0.25) is 0 Å². The fraction of sp³-hybridized carbons (Fsp3) is 0.500. The lowest BCUT2D eigenvalue weighted by atomic mass is 9.90. The molecule has 0 radical (unpaired) electrons. The van der Waals surface area contributed by atoms with Crippen LogP contribution >= 0.6 is 22.6 Å². The molecule has 1 aliphatic heterocycles. The molecule has 0 aliphatic carbocycles. The minimum Gasteiger partial charge on any atom is -0.318 e. The average Bonchev–Trinajstić information content (AvgIpc) is 2.29. The first kappa shape index (κ1) is 13.0. The van der Waals surface area contributed by atoms with Crippen LogP contribution in [0.15, 0.2) is 24.3 Å². The average molecular weight is 352 g/mol. The van der Waals surface area contributed by atoms with Crippen molar-refractivity contribution in [1.29, 1.82) is 0 Å². The third kappa shape index (κ3) is 4.06. The van der Waals surface area contributed by atoms with Crippen LogP contribution in [0.3, 0.4) is 0 Å². The van der Waals surface area contributed by atoms with Crippen LogP contribution in [-0.4, -0.2) is 17.1 Å². The quantitative estimate of drug-likeness (QED) is 0.494. The van der Waals surface area contributed by atoms with E-state index in [-0.39, 0.29) is 0 Å². The maximum atomic E-state index is 12.7. The molecule has 1 aliphatic rings. The summed E-state index contributed by atoms with van der Waals surface area (Å²) < 4.78 is 22.6. The molecule has 2 rings (SSSR count). The van der Waals surface area contributed by atoms with E-state index in [1.807, 2.05) is 12.1 Å². The van der Waals surface area contributed by atoms with Gasteiger partial charge in [-0.25, -0.2) is 0 Å². The standard InChI is InChI=1S/C12H15F2IN2/c13-12(14,15)17-11-3-1-9(2-4-11)10-5-7-16-8-6-10/h1-4,10,16-17H,5-8H2. The maximum absolute atomic E-state index is 12.7. The molecule has 17 heavy (non-hydrogen) atoms. The van der Waals surface area contributed by atoms with E-state index in [1.165, 1.54) is 5.56 Å². The molecule has 1 aromatic rings. The van der Waals surface area contributed by atoms with E-state index in [4.69, 9.17) is 0 Å². The summed E-state index contributed by atoms with van der Waals surface area (Å²) in [4.78, 5) is 0. The predicted molar refractivity (Wildman–Crippen MR) is 73.9 cm³/mol. The Kier molecular flexibility index (Phi) is 4.19. The summed E-state index contributed by atoms with van der Waals surface area (Å²) in [6, 6.07) is 7.34. The number of anilines is 1. The zero-order valence-corrected chi connectivity index (χ0v) is 11.5. The summed E-state index contributed by atoms with van der Waals surface area (Å²) in [7, 11) is 0. The van der Waals surface area contributed by atoms with Crippen molar-refractivity contribution in [2.45, 2.75) is 22.8 Å². The van der Waals surface area contributed by atoms with Crippen LogP contribution in [-0.2, 0) is 0 Å². The van der Waals surface area contributed by atoms with Crippen molar-refractivity contribution in [2.75, 3.05) is 18.4 Å². The molecule has 2 nitrogen and oxygen atoms in total. The van der Waals surface area contributed by atoms with Crippen molar-refractivity contribution in [3.63, 3.8) is 0 Å². The minimum absolute atomic E-state index is 0.460. The van der Waals surface area contributed by atoms with Crippen molar-refractivity contribution in [3.05, 3.63) is 29.8 Å². The highest BCUT2D eigenvalue weighted by Crippen LogP contribution is 2.28. The Balaban J connectivity index is 2.02. The Morgan fingerprint density at radius 2 is 1.76 bits per heavy atom. The number of nitrogens with one attached hydrogen (secondary N) is 2. The van der Waals surface area contributed by atoms with Gasteiger partial charge in [-0.3, -0.25) is 0 Å². The van der Waals surface area contributed by atoms with Crippen LogP contribution in [0.25, 0.3) is 0 Å². The molecule has 1 heterocycles. The van der Waals surface area contributed by atoms with Crippen molar-refractivity contribution < 1.29 is 8.78 Å². The molecule has 0 saturated carbocycles. The molecule has 2 N–H and O–H groups in total. The topological polar surface area (TPSA) is 24.1 Å². The monoisotopic (exact) mass is 352 g/mol. The zero-order chi connectivity index (χ0) is 12.3. The molecule has 0 atom stereocenters. The number of alkyl halides is 3. The smallest absolute Gasteiger partial charge is 0.318 e. The third-order valence-electron chi connectivity index (χ3n) is 3.01. The summed E-state index contributed by atoms with van der Waals surface area (Å²) >= 11 is 1.08. The van der Waals surface area contributed by atoms with E-state index in [9.17, 15) is 8.78 Å². The molecular formula is C12H15F2IN2. The van der Waals surface area contributed by atoms with Crippen LogP contribution < -0.4 is 10.6 Å². The van der Waals surface area contributed by atoms with E-state index < -0.39 is 4.05 Å². The SMILES string of the molecule is FC(F)(I)Nc1ccc(C2CCNCC2)cc1. The molecule has 0 spiro atoms. The second-order valence-electron chi connectivity index (χ2n) is 4.27. The number of piperidine rings is 1. The van der Waals surface area contributed by atoms with Gasteiger partial charge in [0.05, 0.1) is 0 Å². The molecule has 1 aromatic carbocycles. The molecule has 94 valence electrons. The van der Waals surface area contributed by atoms with Crippen molar-refractivity contribution in [1.82, 2.24) is 5.32 Å². The molecule has 0 unspecified atom stereocenters. The Labute approximate surface area is 113 Å². The second kappa shape index (κ2) is 5.48. The van der Waals surface area contributed by atoms with Gasteiger partial charge in [-0.1, -0.05) is 12.1 Å². The molecule has 1 fully saturated rings. The lowest BCUT2D eigenvalue weighted by Gasteiger charge is -2.23. The fourth-order valence-electron chi connectivity index (χ4n) is 2.16. The van der Waals surface area contributed by atoms with Gasteiger partial charge in [0, 0.05) is 28.3 Å². The van der Waals surface area contributed by atoms with E-state index >= 15 is 0 Å². The molecular weight excluding hydrogens is 337 g/mol. The number of rotatable bonds is 3. The molecule has 1 saturated heterocycles. The largest absolute Gasteiger partial charge is 0.374 e. The summed E-state index contributed by atoms with van der Waals surface area (Å²) in [5, 5.41) is 5.47. The van der Waals surface area contributed by atoms with Crippen molar-refractivity contribution in [2.24, 2.45) is 0 Å². The molecule has 0 amide bonds. The van der Waals surface area contributed by atoms with Gasteiger partial charge in [-0.05, 0) is 49.5 Å². The highest BCUT2D eigenvalue weighted by atomic mass is 127. The molecule has 0 aromatic heterocycles. The number of halogens is 3. The maximum Gasteiger partial charge on any atom is 0.374 e. The van der Waals surface area contributed by atoms with E-state index in [2.05, 4.69) is 10.6 Å². The first-order valence-corrected chi connectivity index (χ1v) is 6.78. The van der Waals surface area contributed by atoms with Crippen LogP contribution in [0, 0.1) is 0 Å². The van der Waals surface area contributed by atoms with E-state index in [1.54, 1.807) is 12.1 Å². The number of hydrogen-bond donors (Lipinski definition) is 2. The van der Waals surface area contributed by atoms with Gasteiger partial charge in [-0.15, -0.1) is 0 Å². The van der Waals surface area contributed by atoms with Gasteiger partial charge < -0.3 is 10.6 Å². The van der Waals surface area contributed by atoms with Crippen LogP contribution in [0.1, 0.15) is 24.3 Å². The Morgan fingerprint density at radius 3 is 2.29 bits per heavy atom. The number of hydrogen-bond acceptors (Lipinski definition) is 2. The lowest BCUT2D eigenvalue weighted by molar-refractivity contribution is 0.160. The van der Waals surface area contributed by atoms with E-state index in [0.29, 0.717) is 11.6 Å². The normalized spacial score (nSPS) is 18.1. The highest BCUT2D eigenvalue weighted by Gasteiger charge is 2.23. The van der Waals surface area contributed by atoms with Gasteiger partial charge >= 0.3 is 4.05 Å². The molecule has 0 bridgehead atoms. The van der Waals surface area contributed by atoms with Crippen molar-refractivity contribution >= 4 is 28.3 Å². The summed E-state index contributed by atoms with van der Waals surface area (Å²) in [5.74, 6) is 0.561. The molecule has 5 heteroatoms. The third-order valence-corrected chi connectivity index (χ3v) is 3.28. The Hall–Kier alpha value is -0.430. The summed E-state index contributed by atoms with van der Waals surface area (Å²) in [6.45, 7) is 2.08. The van der Waals surface area contributed by atoms with Gasteiger partial charge in [0.25, 0.3) is 0 Å². The van der Waals surface area contributed by atoms with Gasteiger partial charge in [0.2, 0.25) is 0 Å². The Bertz CT molecular complexity index is 356. The summed E-state index contributed by atoms with van der Waals surface area (Å²) in [6.07, 6.45) is 2.24. The Morgan fingerprint density at radius 1 is 1.18 bits per heavy atom. The van der Waals surface area contributed by atoms with Crippen molar-refractivity contribution in [3.8, 4) is 0 Å². The summed E-state index contributed by atoms with van der Waals surface area (Å²) in [5.41, 5.74) is 1.70. The fourth-order valence-corrected chi connectivity index (χ4v) is 2.47. The lowest BCUT2D eigenvalue weighted by Crippen LogP contribution is -2.26. The first-order valence-electron chi connectivity index (χ1n) is 5.70. The van der Waals surface area contributed by atoms with E-state index in [0.717, 1.165) is 48.5 Å². The van der Waals surface area contributed by atoms with Gasteiger partial charge in [-0.2, -0.15) is 8.78 Å². The number of benzene rings is 1. The first-order chi connectivity index (χ1) is 8.04. The zero-order valence-electron chi connectivity index (χ0n) is 9.35.